The van der Waals surface area contributed by atoms with Gasteiger partial charge in [-0.15, -0.1) is 6.58 Å². The fourth-order valence-corrected chi connectivity index (χ4v) is 0.536. The Morgan fingerprint density at radius 2 is 2.08 bits per heavy atom. The first-order valence-electron chi connectivity index (χ1n) is 3.53. The van der Waals surface area contributed by atoms with E-state index in [1.54, 1.807) is 6.08 Å². The van der Waals surface area contributed by atoms with Crippen molar-refractivity contribution in [3.8, 4) is 0 Å². The zero-order chi connectivity index (χ0) is 9.40. The number of hydrogen-bond donors (Lipinski definition) is 3. The molecule has 0 saturated heterocycles. The van der Waals surface area contributed by atoms with Gasteiger partial charge in [0.05, 0.1) is 13.1 Å². The molecule has 0 aromatic rings. The quantitative estimate of drug-likeness (QED) is 0.331. The third-order valence-electron chi connectivity index (χ3n) is 1.03. The van der Waals surface area contributed by atoms with E-state index in [0.29, 0.717) is 6.54 Å². The molecular formula is C7H13N3O2. The van der Waals surface area contributed by atoms with Crippen LogP contribution in [0.5, 0.6) is 0 Å². The van der Waals surface area contributed by atoms with Gasteiger partial charge in [0.1, 0.15) is 0 Å². The number of amides is 2. The maximum absolute atomic E-state index is 10.8. The van der Waals surface area contributed by atoms with Gasteiger partial charge in [-0.3, -0.25) is 9.59 Å². The van der Waals surface area contributed by atoms with Crippen molar-refractivity contribution in [2.75, 3.05) is 19.6 Å². The summed E-state index contributed by atoms with van der Waals surface area (Å²) in [7, 11) is 0. The molecule has 0 aliphatic carbocycles. The monoisotopic (exact) mass is 171 g/mol. The molecule has 0 heterocycles. The van der Waals surface area contributed by atoms with Crippen molar-refractivity contribution in [2.45, 2.75) is 0 Å². The van der Waals surface area contributed by atoms with E-state index in [9.17, 15) is 9.59 Å². The van der Waals surface area contributed by atoms with Crippen molar-refractivity contribution in [1.82, 2.24) is 10.6 Å². The molecule has 5 heteroatoms. The lowest BCUT2D eigenvalue weighted by molar-refractivity contribution is -0.124. The number of rotatable bonds is 6. The van der Waals surface area contributed by atoms with E-state index >= 15 is 0 Å². The molecule has 0 aromatic heterocycles. The van der Waals surface area contributed by atoms with Crippen LogP contribution in [-0.2, 0) is 9.59 Å². The molecule has 5 nitrogen and oxygen atoms in total. The van der Waals surface area contributed by atoms with Crippen LogP contribution in [0.15, 0.2) is 12.7 Å². The number of carbonyl (C=O) groups is 2. The van der Waals surface area contributed by atoms with Gasteiger partial charge in [-0.05, 0) is 0 Å². The molecule has 0 unspecified atom stereocenters. The van der Waals surface area contributed by atoms with E-state index in [-0.39, 0.29) is 19.0 Å². The second kappa shape index (κ2) is 6.36. The second-order valence-electron chi connectivity index (χ2n) is 2.16. The first-order valence-corrected chi connectivity index (χ1v) is 3.53. The average Bonchev–Trinajstić information content (AvgIpc) is 2.01. The van der Waals surface area contributed by atoms with Crippen LogP contribution in [-0.4, -0.2) is 31.4 Å². The number of nitrogens with one attached hydrogen (secondary N) is 2. The molecule has 0 aliphatic heterocycles. The Morgan fingerprint density at radius 3 is 2.58 bits per heavy atom. The van der Waals surface area contributed by atoms with Crippen LogP contribution >= 0.6 is 0 Å². The summed E-state index contributed by atoms with van der Waals surface area (Å²) in [4.78, 5) is 21.0. The molecule has 0 bridgehead atoms. The minimum Gasteiger partial charge on any atom is -0.368 e. The summed E-state index contributed by atoms with van der Waals surface area (Å²) in [5, 5.41) is 5.11. The molecule has 12 heavy (non-hydrogen) atoms. The number of carbonyl (C=O) groups excluding carboxylic acids is 2. The molecule has 0 radical (unpaired) electrons. The summed E-state index contributed by atoms with van der Waals surface area (Å²) < 4.78 is 0. The Morgan fingerprint density at radius 1 is 1.42 bits per heavy atom. The van der Waals surface area contributed by atoms with Crippen molar-refractivity contribution in [1.29, 1.82) is 0 Å². The van der Waals surface area contributed by atoms with Crippen molar-refractivity contribution in [2.24, 2.45) is 5.73 Å². The smallest absolute Gasteiger partial charge is 0.236 e. The fraction of sp³-hybridized carbons (Fsp3) is 0.429. The first kappa shape index (κ1) is 10.6. The van der Waals surface area contributed by atoms with Crippen LogP contribution < -0.4 is 16.4 Å². The Labute approximate surface area is 71.0 Å². The van der Waals surface area contributed by atoms with Crippen LogP contribution in [0.25, 0.3) is 0 Å². The lowest BCUT2D eigenvalue weighted by Gasteiger charge is -2.02. The zero-order valence-corrected chi connectivity index (χ0v) is 6.80. The van der Waals surface area contributed by atoms with Gasteiger partial charge in [-0.1, -0.05) is 6.08 Å². The molecule has 0 saturated carbocycles. The number of primary amides is 1. The van der Waals surface area contributed by atoms with E-state index in [2.05, 4.69) is 17.2 Å². The van der Waals surface area contributed by atoms with Crippen LogP contribution in [0.2, 0.25) is 0 Å². The van der Waals surface area contributed by atoms with E-state index < -0.39 is 5.91 Å². The highest BCUT2D eigenvalue weighted by molar-refractivity contribution is 5.84. The van der Waals surface area contributed by atoms with Crippen molar-refractivity contribution < 1.29 is 9.59 Å². The predicted molar refractivity (Wildman–Crippen MR) is 45.3 cm³/mol. The molecular weight excluding hydrogens is 158 g/mol. The summed E-state index contributed by atoms with van der Waals surface area (Å²) in [5.41, 5.74) is 4.81. The van der Waals surface area contributed by atoms with Gasteiger partial charge in [0.25, 0.3) is 0 Å². The summed E-state index contributed by atoms with van der Waals surface area (Å²) in [6.45, 7) is 4.07. The summed E-state index contributed by atoms with van der Waals surface area (Å²) in [5.74, 6) is -0.803. The van der Waals surface area contributed by atoms with Crippen LogP contribution in [0, 0.1) is 0 Å². The standard InChI is InChI=1S/C7H13N3O2/c1-2-3-9-5-7(12)10-4-6(8)11/h2,9H,1,3-5H2,(H2,8,11)(H,10,12). The number of hydrogen-bond acceptors (Lipinski definition) is 3. The van der Waals surface area contributed by atoms with Crippen molar-refractivity contribution in [3.63, 3.8) is 0 Å². The van der Waals surface area contributed by atoms with Gasteiger partial charge >= 0.3 is 0 Å². The summed E-state index contributed by atoms with van der Waals surface area (Å²) in [6, 6.07) is 0. The molecule has 0 spiro atoms. The third kappa shape index (κ3) is 6.76. The lowest BCUT2D eigenvalue weighted by atomic mass is 10.5. The van der Waals surface area contributed by atoms with Gasteiger partial charge in [-0.2, -0.15) is 0 Å². The summed E-state index contributed by atoms with van der Waals surface area (Å²) >= 11 is 0. The van der Waals surface area contributed by atoms with E-state index in [0.717, 1.165) is 0 Å². The molecule has 2 amide bonds. The minimum atomic E-state index is -0.549. The minimum absolute atomic E-state index is 0.116. The van der Waals surface area contributed by atoms with Crippen molar-refractivity contribution in [3.05, 3.63) is 12.7 Å². The van der Waals surface area contributed by atoms with Crippen LogP contribution in [0.4, 0.5) is 0 Å². The topological polar surface area (TPSA) is 84.2 Å². The van der Waals surface area contributed by atoms with Gasteiger partial charge in [0.15, 0.2) is 0 Å². The molecule has 4 N–H and O–H groups in total. The third-order valence-corrected chi connectivity index (χ3v) is 1.03. The van der Waals surface area contributed by atoms with Gasteiger partial charge < -0.3 is 16.4 Å². The van der Waals surface area contributed by atoms with E-state index in [1.165, 1.54) is 0 Å². The van der Waals surface area contributed by atoms with Gasteiger partial charge in [0.2, 0.25) is 11.8 Å². The normalized spacial score (nSPS) is 9.00. The number of nitrogens with two attached hydrogens (primary N) is 1. The fourth-order valence-electron chi connectivity index (χ4n) is 0.536. The maximum Gasteiger partial charge on any atom is 0.236 e. The molecule has 0 atom stereocenters. The van der Waals surface area contributed by atoms with Crippen LogP contribution in [0.1, 0.15) is 0 Å². The Hall–Kier alpha value is -1.36. The van der Waals surface area contributed by atoms with E-state index in [1.807, 2.05) is 0 Å². The summed E-state index contributed by atoms with van der Waals surface area (Å²) in [6.07, 6.45) is 1.64. The molecule has 0 aromatic carbocycles. The predicted octanol–water partition coefficient (Wildman–Crippen LogP) is -1.64. The second-order valence-corrected chi connectivity index (χ2v) is 2.16. The zero-order valence-electron chi connectivity index (χ0n) is 6.80. The largest absolute Gasteiger partial charge is 0.368 e. The SMILES string of the molecule is C=CCNCC(=O)NCC(N)=O. The first-order chi connectivity index (χ1) is 5.66. The molecule has 68 valence electrons. The highest BCUT2D eigenvalue weighted by atomic mass is 16.2. The molecule has 0 fully saturated rings. The molecule has 0 aliphatic rings. The van der Waals surface area contributed by atoms with Gasteiger partial charge in [0, 0.05) is 6.54 Å². The van der Waals surface area contributed by atoms with E-state index in [4.69, 9.17) is 5.73 Å². The Bertz CT molecular complexity index is 179. The highest BCUT2D eigenvalue weighted by Crippen LogP contribution is 1.65. The Kier molecular flexibility index (Phi) is 5.64. The van der Waals surface area contributed by atoms with Gasteiger partial charge in [-0.25, -0.2) is 0 Å². The maximum atomic E-state index is 10.8. The average molecular weight is 171 g/mol. The van der Waals surface area contributed by atoms with Crippen molar-refractivity contribution >= 4 is 11.8 Å². The molecule has 0 rings (SSSR count). The highest BCUT2D eigenvalue weighted by Gasteiger charge is 1.99. The lowest BCUT2D eigenvalue weighted by Crippen LogP contribution is -2.38. The van der Waals surface area contributed by atoms with Crippen LogP contribution in [0.3, 0.4) is 0 Å². The Balaban J connectivity index is 3.33.